The van der Waals surface area contributed by atoms with Gasteiger partial charge in [0.25, 0.3) is 0 Å². The fourth-order valence-corrected chi connectivity index (χ4v) is 7.05. The lowest BCUT2D eigenvalue weighted by atomic mass is 10.1. The molecule has 0 aliphatic carbocycles. The second-order valence-corrected chi connectivity index (χ2v) is 17.4. The third-order valence-corrected chi connectivity index (χ3v) is 11.1. The summed E-state index contributed by atoms with van der Waals surface area (Å²) in [6, 6.07) is 0. The molecule has 6 heteroatoms. The molecule has 0 saturated heterocycles. The maximum Gasteiger partial charge on any atom is 0.306 e. The van der Waals surface area contributed by atoms with Crippen molar-refractivity contribution in [2.24, 2.45) is 0 Å². The van der Waals surface area contributed by atoms with Crippen molar-refractivity contribution in [3.05, 3.63) is 97.2 Å². The lowest BCUT2D eigenvalue weighted by Gasteiger charge is -2.18. The lowest BCUT2D eigenvalue weighted by Crippen LogP contribution is -2.30. The van der Waals surface area contributed by atoms with E-state index in [1.807, 2.05) is 0 Å². The third-order valence-electron chi connectivity index (χ3n) is 11.1. The highest BCUT2D eigenvalue weighted by molar-refractivity contribution is 5.71. The summed E-state index contributed by atoms with van der Waals surface area (Å²) in [5, 5.41) is 0. The van der Waals surface area contributed by atoms with Gasteiger partial charge in [0.2, 0.25) is 0 Å². The maximum atomic E-state index is 12.8. The van der Waals surface area contributed by atoms with E-state index in [4.69, 9.17) is 14.2 Å². The maximum absolute atomic E-state index is 12.8. The molecule has 0 aliphatic rings. The number of esters is 3. The second kappa shape index (κ2) is 52.9. The van der Waals surface area contributed by atoms with Crippen LogP contribution in [0.3, 0.4) is 0 Å². The monoisotopic (exact) mass is 903 g/mol. The van der Waals surface area contributed by atoms with Crippen LogP contribution in [0, 0.1) is 0 Å². The van der Waals surface area contributed by atoms with Gasteiger partial charge in [-0.2, -0.15) is 0 Å². The molecule has 0 radical (unpaired) electrons. The van der Waals surface area contributed by atoms with Gasteiger partial charge in [0.15, 0.2) is 6.10 Å². The first-order valence-electron chi connectivity index (χ1n) is 26.8. The summed E-state index contributed by atoms with van der Waals surface area (Å²) in [5.41, 5.74) is 0. The van der Waals surface area contributed by atoms with E-state index in [9.17, 15) is 14.4 Å². The molecule has 6 nitrogen and oxygen atoms in total. The van der Waals surface area contributed by atoms with Gasteiger partial charge in [-0.15, -0.1) is 0 Å². The SMILES string of the molecule is CC/C=C\C/C=C\C/C=C\CCCCCCC(=O)OCC(COC(=O)CCC/C=C\C/C=C\C/C=C\CCCCCCCC)OC(=O)CCCCC/C=C\C=C/CCCCCCCCC. The van der Waals surface area contributed by atoms with Gasteiger partial charge in [-0.05, 0) is 109 Å². The highest BCUT2D eigenvalue weighted by atomic mass is 16.6. The summed E-state index contributed by atoms with van der Waals surface area (Å²) in [6.07, 6.45) is 69.7. The molecule has 65 heavy (non-hydrogen) atoms. The van der Waals surface area contributed by atoms with Crippen molar-refractivity contribution >= 4 is 17.9 Å². The number of hydrogen-bond donors (Lipinski definition) is 0. The number of carbonyl (C=O) groups excluding carboxylic acids is 3. The molecule has 0 N–H and O–H groups in total. The number of carbonyl (C=O) groups is 3. The Morgan fingerprint density at radius 2 is 0.662 bits per heavy atom. The fraction of sp³-hybridized carbons (Fsp3) is 0.678. The molecular formula is C59H98O6. The number of unbranched alkanes of at least 4 members (excludes halogenated alkanes) is 21. The molecule has 0 aliphatic heterocycles. The van der Waals surface area contributed by atoms with E-state index >= 15 is 0 Å². The molecule has 370 valence electrons. The van der Waals surface area contributed by atoms with Crippen LogP contribution in [0.1, 0.15) is 239 Å². The van der Waals surface area contributed by atoms with Crippen molar-refractivity contribution in [2.45, 2.75) is 245 Å². The van der Waals surface area contributed by atoms with Crippen LogP contribution in [0.2, 0.25) is 0 Å². The van der Waals surface area contributed by atoms with E-state index in [0.717, 1.165) is 103 Å². The van der Waals surface area contributed by atoms with E-state index in [1.54, 1.807) is 0 Å². The first kappa shape index (κ1) is 61.3. The molecule has 0 aromatic carbocycles. The normalized spacial score (nSPS) is 12.8. The van der Waals surface area contributed by atoms with Crippen LogP contribution in [0.5, 0.6) is 0 Å². The molecule has 0 heterocycles. The molecule has 0 bridgehead atoms. The van der Waals surface area contributed by atoms with Gasteiger partial charge in [0, 0.05) is 19.3 Å². The van der Waals surface area contributed by atoms with Crippen LogP contribution < -0.4 is 0 Å². The largest absolute Gasteiger partial charge is 0.462 e. The topological polar surface area (TPSA) is 78.9 Å². The van der Waals surface area contributed by atoms with Crippen molar-refractivity contribution in [3.63, 3.8) is 0 Å². The van der Waals surface area contributed by atoms with Gasteiger partial charge < -0.3 is 14.2 Å². The van der Waals surface area contributed by atoms with Crippen LogP contribution in [0.25, 0.3) is 0 Å². The van der Waals surface area contributed by atoms with E-state index in [1.165, 1.54) is 89.9 Å². The number of rotatable bonds is 47. The summed E-state index contributed by atoms with van der Waals surface area (Å²) in [5.74, 6) is -1.02. The average molecular weight is 903 g/mol. The van der Waals surface area contributed by atoms with Crippen molar-refractivity contribution in [2.75, 3.05) is 13.2 Å². The van der Waals surface area contributed by atoms with Gasteiger partial charge >= 0.3 is 17.9 Å². The minimum atomic E-state index is -0.822. The minimum absolute atomic E-state index is 0.117. The van der Waals surface area contributed by atoms with Crippen molar-refractivity contribution in [1.82, 2.24) is 0 Å². The van der Waals surface area contributed by atoms with E-state index in [0.29, 0.717) is 12.8 Å². The summed E-state index contributed by atoms with van der Waals surface area (Å²) in [4.78, 5) is 38.0. The smallest absolute Gasteiger partial charge is 0.306 e. The Labute approximate surface area is 400 Å². The van der Waals surface area contributed by atoms with Crippen molar-refractivity contribution < 1.29 is 28.6 Å². The molecule has 0 aromatic rings. The Hall–Kier alpha value is -3.67. The number of hydrogen-bond acceptors (Lipinski definition) is 6. The van der Waals surface area contributed by atoms with Gasteiger partial charge in [-0.25, -0.2) is 0 Å². The second-order valence-electron chi connectivity index (χ2n) is 17.4. The first-order valence-corrected chi connectivity index (χ1v) is 26.8. The Morgan fingerprint density at radius 3 is 1.11 bits per heavy atom. The highest BCUT2D eigenvalue weighted by Gasteiger charge is 2.19. The predicted molar refractivity (Wildman–Crippen MR) is 279 cm³/mol. The molecular weight excluding hydrogens is 805 g/mol. The first-order chi connectivity index (χ1) is 32.0. The molecule has 0 saturated carbocycles. The van der Waals surface area contributed by atoms with Gasteiger partial charge in [-0.3, -0.25) is 14.4 Å². The zero-order valence-corrected chi connectivity index (χ0v) is 42.2. The summed E-state index contributed by atoms with van der Waals surface area (Å²) < 4.78 is 16.7. The average Bonchev–Trinajstić information content (AvgIpc) is 3.30. The Kier molecular flexibility index (Phi) is 50.0. The lowest BCUT2D eigenvalue weighted by molar-refractivity contribution is -0.167. The molecule has 0 aromatic heterocycles. The minimum Gasteiger partial charge on any atom is -0.462 e. The summed E-state index contributed by atoms with van der Waals surface area (Å²) >= 11 is 0. The summed E-state index contributed by atoms with van der Waals surface area (Å²) in [6.45, 7) is 6.42. The highest BCUT2D eigenvalue weighted by Crippen LogP contribution is 2.12. The molecule has 0 rings (SSSR count). The van der Waals surface area contributed by atoms with Gasteiger partial charge in [0.1, 0.15) is 13.2 Å². The Morgan fingerprint density at radius 1 is 0.338 bits per heavy atom. The van der Waals surface area contributed by atoms with Gasteiger partial charge in [-0.1, -0.05) is 208 Å². The van der Waals surface area contributed by atoms with Gasteiger partial charge in [0.05, 0.1) is 0 Å². The van der Waals surface area contributed by atoms with Crippen LogP contribution in [0.15, 0.2) is 97.2 Å². The fourth-order valence-electron chi connectivity index (χ4n) is 7.05. The van der Waals surface area contributed by atoms with Crippen LogP contribution in [-0.4, -0.2) is 37.2 Å². The number of ether oxygens (including phenoxy) is 3. The predicted octanol–water partition coefficient (Wildman–Crippen LogP) is 17.8. The van der Waals surface area contributed by atoms with Crippen LogP contribution in [0.4, 0.5) is 0 Å². The third kappa shape index (κ3) is 51.2. The van der Waals surface area contributed by atoms with Crippen molar-refractivity contribution in [3.8, 4) is 0 Å². The zero-order chi connectivity index (χ0) is 47.2. The molecule has 0 amide bonds. The standard InChI is InChI=1S/C59H98O6/c1-4-7-10-13-16-19-22-25-28-30-32-34-37-40-43-46-49-52-58(61)64-55-56(54-63-57(60)51-48-45-42-39-36-33-27-24-21-18-15-12-9-6-3)65-59(62)53-50-47-44-41-38-35-31-29-26-23-20-17-14-11-8-5-2/h9,12,18,21,25,27-29,31-35,38,40,43,56H,4-8,10-11,13-17,19-20,22-24,26,30,36-37,39,41-42,44-55H2,1-3H3/b12-9-,21-18-,28-25-,31-29-,33-27-,34-32-,38-35-,43-40-. The van der Waals surface area contributed by atoms with Crippen molar-refractivity contribution in [1.29, 1.82) is 0 Å². The van der Waals surface area contributed by atoms with E-state index in [2.05, 4.69) is 118 Å². The zero-order valence-electron chi connectivity index (χ0n) is 42.2. The Balaban J connectivity index is 4.55. The van der Waals surface area contributed by atoms with Crippen LogP contribution in [-0.2, 0) is 28.6 Å². The molecule has 0 fully saturated rings. The number of allylic oxidation sites excluding steroid dienone is 16. The van der Waals surface area contributed by atoms with E-state index < -0.39 is 6.10 Å². The molecule has 1 atom stereocenters. The van der Waals surface area contributed by atoms with Crippen LogP contribution >= 0.6 is 0 Å². The van der Waals surface area contributed by atoms with E-state index in [-0.39, 0.29) is 44.0 Å². The summed E-state index contributed by atoms with van der Waals surface area (Å²) in [7, 11) is 0. The Bertz CT molecular complexity index is 1310. The molecule has 1 unspecified atom stereocenters. The quantitative estimate of drug-likeness (QED) is 0.0199. The molecule has 0 spiro atoms.